The van der Waals surface area contributed by atoms with Gasteiger partial charge in [0.05, 0.1) is 7.11 Å². The standard InChI is InChI=1S/C23H29N3O5S/c1-5-13(2)18(23(29)30-4)25-20(28)19-14(3)31-21(26-19)16-12-32-22(24-16)17(27)11-15-9-7-6-8-10-15/h6-10,12-14,17-19,27H,5,11H2,1-4H3,(H,25,28)/t13-,14?,17?,18?,19-/m0/s1. The molecule has 1 aliphatic rings. The van der Waals surface area contributed by atoms with E-state index < -0.39 is 36.2 Å². The second kappa shape index (κ2) is 10.7. The first-order valence-electron chi connectivity index (χ1n) is 10.6. The van der Waals surface area contributed by atoms with Crippen LogP contribution >= 0.6 is 11.3 Å². The van der Waals surface area contributed by atoms with Crippen LogP contribution < -0.4 is 5.32 Å². The van der Waals surface area contributed by atoms with Gasteiger partial charge in [-0.25, -0.2) is 14.8 Å². The molecule has 0 aliphatic carbocycles. The van der Waals surface area contributed by atoms with Gasteiger partial charge in [-0.3, -0.25) is 4.79 Å². The molecule has 0 saturated heterocycles. The number of aliphatic imine (C=N–C) groups is 1. The Hall–Kier alpha value is -2.78. The zero-order chi connectivity index (χ0) is 23.3. The molecular formula is C23H29N3O5S. The number of methoxy groups -OCH3 is 1. The molecule has 1 aromatic carbocycles. The number of ether oxygens (including phenoxy) is 2. The summed E-state index contributed by atoms with van der Waals surface area (Å²) in [7, 11) is 1.30. The Labute approximate surface area is 191 Å². The molecule has 0 spiro atoms. The number of rotatable bonds is 9. The fourth-order valence-electron chi connectivity index (χ4n) is 3.40. The summed E-state index contributed by atoms with van der Waals surface area (Å²) in [6.45, 7) is 5.56. The molecule has 8 nitrogen and oxygen atoms in total. The van der Waals surface area contributed by atoms with Crippen LogP contribution in [0.5, 0.6) is 0 Å². The van der Waals surface area contributed by atoms with Crippen LogP contribution in [-0.4, -0.2) is 53.2 Å². The van der Waals surface area contributed by atoms with Crippen LogP contribution in [0.3, 0.4) is 0 Å². The van der Waals surface area contributed by atoms with Crippen molar-refractivity contribution in [2.24, 2.45) is 10.9 Å². The quantitative estimate of drug-likeness (QED) is 0.558. The lowest BCUT2D eigenvalue weighted by molar-refractivity contribution is -0.146. The van der Waals surface area contributed by atoms with Crippen LogP contribution in [0.25, 0.3) is 0 Å². The summed E-state index contributed by atoms with van der Waals surface area (Å²) in [6.07, 6.45) is -0.101. The first kappa shape index (κ1) is 23.9. The lowest BCUT2D eigenvalue weighted by Crippen LogP contribution is -2.50. The van der Waals surface area contributed by atoms with Gasteiger partial charge < -0.3 is 19.9 Å². The third-order valence-corrected chi connectivity index (χ3v) is 6.48. The summed E-state index contributed by atoms with van der Waals surface area (Å²) < 4.78 is 10.6. The van der Waals surface area contributed by atoms with Crippen molar-refractivity contribution in [3.8, 4) is 0 Å². The van der Waals surface area contributed by atoms with Gasteiger partial charge in [0.1, 0.15) is 29.0 Å². The van der Waals surface area contributed by atoms with E-state index in [4.69, 9.17) is 9.47 Å². The summed E-state index contributed by atoms with van der Waals surface area (Å²) in [6, 6.07) is 8.13. The molecule has 2 N–H and O–H groups in total. The molecule has 3 rings (SSSR count). The van der Waals surface area contributed by atoms with Gasteiger partial charge in [-0.2, -0.15) is 0 Å². The number of aliphatic hydroxyl groups is 1. The molecule has 0 fully saturated rings. The van der Waals surface area contributed by atoms with Crippen LogP contribution in [0.15, 0.2) is 40.7 Å². The maximum Gasteiger partial charge on any atom is 0.328 e. The van der Waals surface area contributed by atoms with Gasteiger partial charge in [0.25, 0.3) is 0 Å². The largest absolute Gasteiger partial charge is 0.470 e. The van der Waals surface area contributed by atoms with Gasteiger partial charge in [-0.15, -0.1) is 11.3 Å². The van der Waals surface area contributed by atoms with Crippen LogP contribution in [0.4, 0.5) is 0 Å². The fourth-order valence-corrected chi connectivity index (χ4v) is 4.18. The molecule has 2 aromatic rings. The van der Waals surface area contributed by atoms with Crippen molar-refractivity contribution >= 4 is 29.1 Å². The highest BCUT2D eigenvalue weighted by atomic mass is 32.1. The van der Waals surface area contributed by atoms with Gasteiger partial charge in [-0.05, 0) is 18.4 Å². The second-order valence-corrected chi connectivity index (χ2v) is 8.76. The minimum atomic E-state index is -0.805. The molecule has 32 heavy (non-hydrogen) atoms. The zero-order valence-electron chi connectivity index (χ0n) is 18.6. The normalized spacial score (nSPS) is 20.6. The van der Waals surface area contributed by atoms with Crippen molar-refractivity contribution in [1.29, 1.82) is 0 Å². The van der Waals surface area contributed by atoms with E-state index in [9.17, 15) is 14.7 Å². The predicted octanol–water partition coefficient (Wildman–Crippen LogP) is 2.66. The first-order chi connectivity index (χ1) is 15.3. The molecule has 5 atom stereocenters. The molecule has 2 heterocycles. The zero-order valence-corrected chi connectivity index (χ0v) is 19.5. The lowest BCUT2D eigenvalue weighted by atomic mass is 9.98. The van der Waals surface area contributed by atoms with Crippen LogP contribution in [0, 0.1) is 5.92 Å². The SMILES string of the molecule is CC[C@H](C)C(NC(=O)[C@H]1N=C(c2csc(C(O)Cc3ccccc3)n2)OC1C)C(=O)OC. The smallest absolute Gasteiger partial charge is 0.328 e. The highest BCUT2D eigenvalue weighted by molar-refractivity contribution is 7.09. The Morgan fingerprint density at radius 1 is 1.31 bits per heavy atom. The topological polar surface area (TPSA) is 110 Å². The Morgan fingerprint density at radius 3 is 2.69 bits per heavy atom. The van der Waals surface area contributed by atoms with E-state index in [0.29, 0.717) is 23.5 Å². The molecule has 1 aliphatic heterocycles. The summed E-state index contributed by atoms with van der Waals surface area (Å²) >= 11 is 1.32. The monoisotopic (exact) mass is 459 g/mol. The molecule has 0 saturated carbocycles. The average molecular weight is 460 g/mol. The number of hydrogen-bond acceptors (Lipinski definition) is 8. The molecular weight excluding hydrogens is 430 g/mol. The predicted molar refractivity (Wildman–Crippen MR) is 121 cm³/mol. The number of nitrogens with zero attached hydrogens (tertiary/aromatic N) is 2. The number of thiazole rings is 1. The number of benzene rings is 1. The highest BCUT2D eigenvalue weighted by Gasteiger charge is 2.37. The fraction of sp³-hybridized carbons (Fsp3) is 0.478. The number of amides is 1. The lowest BCUT2D eigenvalue weighted by Gasteiger charge is -2.23. The van der Waals surface area contributed by atoms with Crippen molar-refractivity contribution in [2.45, 2.75) is 57.9 Å². The van der Waals surface area contributed by atoms with Gasteiger partial charge in [0, 0.05) is 11.8 Å². The molecule has 1 amide bonds. The van der Waals surface area contributed by atoms with Crippen molar-refractivity contribution in [3.05, 3.63) is 52.0 Å². The maximum atomic E-state index is 12.8. The molecule has 1 aromatic heterocycles. The summed E-state index contributed by atoms with van der Waals surface area (Å²) in [4.78, 5) is 33.8. The Bertz CT molecular complexity index is 962. The first-order valence-corrected chi connectivity index (χ1v) is 11.5. The number of carbonyl (C=O) groups excluding carboxylic acids is 2. The Kier molecular flexibility index (Phi) is 7.98. The van der Waals surface area contributed by atoms with Crippen molar-refractivity contribution in [2.75, 3.05) is 7.11 Å². The Balaban J connectivity index is 1.69. The number of carbonyl (C=O) groups is 2. The van der Waals surface area contributed by atoms with Gasteiger partial charge in [-0.1, -0.05) is 50.6 Å². The van der Waals surface area contributed by atoms with Crippen LogP contribution in [0.2, 0.25) is 0 Å². The second-order valence-electron chi connectivity index (χ2n) is 7.87. The van der Waals surface area contributed by atoms with E-state index in [1.165, 1.54) is 18.4 Å². The minimum absolute atomic E-state index is 0.0836. The molecule has 3 unspecified atom stereocenters. The van der Waals surface area contributed by atoms with E-state index in [1.54, 1.807) is 12.3 Å². The number of aliphatic hydroxyl groups excluding tert-OH is 1. The number of esters is 1. The number of hydrogen-bond donors (Lipinski definition) is 2. The van der Waals surface area contributed by atoms with Crippen LogP contribution in [0.1, 0.15) is 49.6 Å². The molecule has 9 heteroatoms. The summed E-state index contributed by atoms with van der Waals surface area (Å²) in [5.41, 5.74) is 1.49. The van der Waals surface area contributed by atoms with E-state index >= 15 is 0 Å². The van der Waals surface area contributed by atoms with Gasteiger partial charge >= 0.3 is 5.97 Å². The summed E-state index contributed by atoms with van der Waals surface area (Å²) in [5, 5.41) is 15.6. The number of nitrogens with one attached hydrogen (secondary N) is 1. The molecule has 0 bridgehead atoms. The van der Waals surface area contributed by atoms with E-state index in [2.05, 4.69) is 15.3 Å². The van der Waals surface area contributed by atoms with E-state index in [0.717, 1.165) is 5.56 Å². The summed E-state index contributed by atoms with van der Waals surface area (Å²) in [5.74, 6) is -0.715. The third kappa shape index (κ3) is 5.52. The van der Waals surface area contributed by atoms with Crippen molar-refractivity contribution in [1.82, 2.24) is 10.3 Å². The molecule has 172 valence electrons. The number of aromatic nitrogens is 1. The highest BCUT2D eigenvalue weighted by Crippen LogP contribution is 2.25. The van der Waals surface area contributed by atoms with Crippen molar-refractivity contribution < 1.29 is 24.2 Å². The third-order valence-electron chi connectivity index (χ3n) is 5.53. The van der Waals surface area contributed by atoms with Gasteiger partial charge in [0.15, 0.2) is 6.04 Å². The minimum Gasteiger partial charge on any atom is -0.470 e. The van der Waals surface area contributed by atoms with Gasteiger partial charge in [0.2, 0.25) is 11.8 Å². The van der Waals surface area contributed by atoms with Crippen LogP contribution in [-0.2, 0) is 25.5 Å². The van der Waals surface area contributed by atoms with E-state index in [-0.39, 0.29) is 11.8 Å². The van der Waals surface area contributed by atoms with Crippen molar-refractivity contribution in [3.63, 3.8) is 0 Å². The Morgan fingerprint density at radius 2 is 2.03 bits per heavy atom. The average Bonchev–Trinajstić information content (AvgIpc) is 3.44. The van der Waals surface area contributed by atoms with E-state index in [1.807, 2.05) is 44.2 Å². The molecule has 0 radical (unpaired) electrons. The maximum absolute atomic E-state index is 12.8.